The molecule has 0 aliphatic carbocycles. The molecule has 1 saturated heterocycles. The lowest BCUT2D eigenvalue weighted by atomic mass is 10.2. The molecule has 1 aromatic heterocycles. The molecule has 0 spiro atoms. The van der Waals surface area contributed by atoms with Crippen LogP contribution in [0.3, 0.4) is 0 Å². The molecule has 0 radical (unpaired) electrons. The molecule has 3 nitrogen and oxygen atoms in total. The zero-order valence-corrected chi connectivity index (χ0v) is 15.0. The summed E-state index contributed by atoms with van der Waals surface area (Å²) in [6, 6.07) is 1.89. The van der Waals surface area contributed by atoms with Crippen molar-refractivity contribution in [3.63, 3.8) is 0 Å². The molecule has 0 amide bonds. The Balaban J connectivity index is 1.79. The molecule has 6 heteroatoms. The van der Waals surface area contributed by atoms with Gasteiger partial charge in [-0.1, -0.05) is 0 Å². The Bertz CT molecular complexity index is 444. The van der Waals surface area contributed by atoms with Gasteiger partial charge in [0.15, 0.2) is 5.78 Å². The van der Waals surface area contributed by atoms with Crippen molar-refractivity contribution in [1.29, 1.82) is 0 Å². The van der Waals surface area contributed by atoms with E-state index < -0.39 is 0 Å². The van der Waals surface area contributed by atoms with Crippen LogP contribution < -0.4 is 0 Å². The fraction of sp³-hybridized carbons (Fsp3) is 0.615. The van der Waals surface area contributed by atoms with E-state index in [1.54, 1.807) is 11.3 Å². The zero-order valence-electron chi connectivity index (χ0n) is 11.0. The molecular weight excluding hydrogens is 392 g/mol. The van der Waals surface area contributed by atoms with Crippen molar-refractivity contribution < 1.29 is 4.79 Å². The molecule has 1 fully saturated rings. The Labute approximate surface area is 135 Å². The van der Waals surface area contributed by atoms with Gasteiger partial charge in [0, 0.05) is 18.7 Å². The summed E-state index contributed by atoms with van der Waals surface area (Å²) in [6.07, 6.45) is 2.64. The van der Waals surface area contributed by atoms with E-state index in [1.165, 1.54) is 25.9 Å². The topological polar surface area (TPSA) is 23.6 Å². The molecule has 0 atom stereocenters. The molecule has 1 aromatic rings. The fourth-order valence-electron chi connectivity index (χ4n) is 2.26. The van der Waals surface area contributed by atoms with Gasteiger partial charge in [0.2, 0.25) is 0 Å². The van der Waals surface area contributed by atoms with Crippen LogP contribution in [0.25, 0.3) is 0 Å². The first-order valence-corrected chi connectivity index (χ1v) is 8.85. The van der Waals surface area contributed by atoms with Crippen molar-refractivity contribution in [2.75, 3.05) is 39.8 Å². The minimum absolute atomic E-state index is 0.178. The Morgan fingerprint density at radius 3 is 2.68 bits per heavy atom. The van der Waals surface area contributed by atoms with Crippen LogP contribution in [0, 0.1) is 0 Å². The summed E-state index contributed by atoms with van der Waals surface area (Å²) in [7, 11) is 2.02. The molecule has 2 rings (SSSR count). The Hall–Kier alpha value is 0.250. The number of Topliss-reactive ketones (excluding diaryl/α,β-unsaturated/α-hetero) is 1. The van der Waals surface area contributed by atoms with Gasteiger partial charge in [-0.2, -0.15) is 0 Å². The highest BCUT2D eigenvalue weighted by atomic mass is 79.9. The Morgan fingerprint density at radius 1 is 1.42 bits per heavy atom. The van der Waals surface area contributed by atoms with Gasteiger partial charge in [-0.25, -0.2) is 0 Å². The summed E-state index contributed by atoms with van der Waals surface area (Å²) in [5.41, 5.74) is 0.782. The summed E-state index contributed by atoms with van der Waals surface area (Å²) in [5.74, 6) is 0.178. The summed E-state index contributed by atoms with van der Waals surface area (Å²) in [6.45, 7) is 4.93. The van der Waals surface area contributed by atoms with E-state index in [-0.39, 0.29) is 5.78 Å². The van der Waals surface area contributed by atoms with Crippen LogP contribution in [0.15, 0.2) is 13.6 Å². The Morgan fingerprint density at radius 2 is 2.11 bits per heavy atom. The third kappa shape index (κ3) is 4.63. The predicted molar refractivity (Wildman–Crippen MR) is 87.2 cm³/mol. The molecule has 0 bridgehead atoms. The van der Waals surface area contributed by atoms with Gasteiger partial charge in [-0.3, -0.25) is 9.69 Å². The van der Waals surface area contributed by atoms with Gasteiger partial charge in [0.1, 0.15) is 0 Å². The molecule has 1 aliphatic heterocycles. The number of carbonyl (C=O) groups excluding carboxylic acids is 1. The number of thiophene rings is 1. The van der Waals surface area contributed by atoms with Crippen LogP contribution in [0.4, 0.5) is 0 Å². The lowest BCUT2D eigenvalue weighted by molar-refractivity contribution is 0.0941. The van der Waals surface area contributed by atoms with E-state index >= 15 is 0 Å². The van der Waals surface area contributed by atoms with E-state index in [2.05, 4.69) is 41.7 Å². The number of hydrogen-bond donors (Lipinski definition) is 0. The summed E-state index contributed by atoms with van der Waals surface area (Å²) < 4.78 is 1.90. The van der Waals surface area contributed by atoms with Crippen LogP contribution in [-0.4, -0.2) is 55.4 Å². The highest BCUT2D eigenvalue weighted by molar-refractivity contribution is 9.12. The van der Waals surface area contributed by atoms with Crippen molar-refractivity contribution in [3.05, 3.63) is 19.2 Å². The predicted octanol–water partition coefficient (Wildman–Crippen LogP) is 3.48. The number of carbonyl (C=O) groups is 1. The molecule has 106 valence electrons. The molecule has 0 unspecified atom stereocenters. The molecule has 19 heavy (non-hydrogen) atoms. The summed E-state index contributed by atoms with van der Waals surface area (Å²) >= 11 is 8.39. The maximum atomic E-state index is 12.2. The van der Waals surface area contributed by atoms with Crippen molar-refractivity contribution in [2.24, 2.45) is 0 Å². The van der Waals surface area contributed by atoms with E-state index in [0.717, 1.165) is 26.2 Å². The van der Waals surface area contributed by atoms with Gasteiger partial charge >= 0.3 is 0 Å². The first-order chi connectivity index (χ1) is 9.06. The van der Waals surface area contributed by atoms with Gasteiger partial charge in [0.25, 0.3) is 0 Å². The van der Waals surface area contributed by atoms with Gasteiger partial charge in [-0.15, -0.1) is 11.3 Å². The van der Waals surface area contributed by atoms with Crippen molar-refractivity contribution in [3.8, 4) is 0 Å². The van der Waals surface area contributed by atoms with Gasteiger partial charge < -0.3 is 4.90 Å². The Kier molecular flexibility index (Phi) is 6.02. The monoisotopic (exact) mass is 408 g/mol. The van der Waals surface area contributed by atoms with Crippen molar-refractivity contribution in [1.82, 2.24) is 9.80 Å². The molecule has 0 N–H and O–H groups in total. The number of rotatable bonds is 6. The number of nitrogens with zero attached hydrogens (tertiary/aromatic N) is 2. The smallest absolute Gasteiger partial charge is 0.178 e. The maximum absolute atomic E-state index is 12.2. The SMILES string of the molecule is CN(CCN1CCCC1)CC(=O)c1cc(Br)sc1Br. The van der Waals surface area contributed by atoms with E-state index in [4.69, 9.17) is 0 Å². The fourth-order valence-corrected chi connectivity index (χ4v) is 5.11. The minimum atomic E-state index is 0.178. The quantitative estimate of drug-likeness (QED) is 0.672. The van der Waals surface area contributed by atoms with E-state index in [9.17, 15) is 4.79 Å². The molecule has 0 aromatic carbocycles. The summed E-state index contributed by atoms with van der Waals surface area (Å²) in [5, 5.41) is 0. The van der Waals surface area contributed by atoms with Crippen LogP contribution in [0.1, 0.15) is 23.2 Å². The average Bonchev–Trinajstić information content (AvgIpc) is 2.96. The lowest BCUT2D eigenvalue weighted by Crippen LogP contribution is -2.34. The van der Waals surface area contributed by atoms with Crippen LogP contribution in [0.5, 0.6) is 0 Å². The van der Waals surface area contributed by atoms with Crippen molar-refractivity contribution >= 4 is 49.0 Å². The van der Waals surface area contributed by atoms with Crippen LogP contribution in [-0.2, 0) is 0 Å². The first-order valence-electron chi connectivity index (χ1n) is 6.45. The number of halogens is 2. The molecular formula is C13H18Br2N2OS. The number of ketones is 1. The zero-order chi connectivity index (χ0) is 13.8. The number of likely N-dealkylation sites (N-methyl/N-ethyl adjacent to an activating group) is 1. The highest BCUT2D eigenvalue weighted by Gasteiger charge is 2.17. The molecule has 1 aliphatic rings. The second kappa shape index (κ2) is 7.31. The normalized spacial score (nSPS) is 16.4. The minimum Gasteiger partial charge on any atom is -0.302 e. The summed E-state index contributed by atoms with van der Waals surface area (Å²) in [4.78, 5) is 16.8. The van der Waals surface area contributed by atoms with Crippen LogP contribution >= 0.6 is 43.2 Å². The highest BCUT2D eigenvalue weighted by Crippen LogP contribution is 2.32. The van der Waals surface area contributed by atoms with Crippen molar-refractivity contribution in [2.45, 2.75) is 12.8 Å². The van der Waals surface area contributed by atoms with Gasteiger partial charge in [-0.05, 0) is 70.9 Å². The standard InChI is InChI=1S/C13H18Br2N2OS/c1-16(6-7-17-4-2-3-5-17)9-11(18)10-8-12(14)19-13(10)15/h8H,2-7,9H2,1H3. The van der Waals surface area contributed by atoms with Crippen LogP contribution in [0.2, 0.25) is 0 Å². The number of hydrogen-bond acceptors (Lipinski definition) is 4. The molecule has 0 saturated carbocycles. The third-order valence-electron chi connectivity index (χ3n) is 3.37. The third-order valence-corrected chi connectivity index (χ3v) is 5.71. The van der Waals surface area contributed by atoms with E-state index in [1.807, 2.05) is 13.1 Å². The maximum Gasteiger partial charge on any atom is 0.178 e. The average molecular weight is 410 g/mol. The second-order valence-corrected chi connectivity index (χ2v) is 8.70. The lowest BCUT2D eigenvalue weighted by Gasteiger charge is -2.20. The number of likely N-dealkylation sites (tertiary alicyclic amines) is 1. The van der Waals surface area contributed by atoms with Gasteiger partial charge in [0.05, 0.1) is 14.1 Å². The molecule has 2 heterocycles. The van der Waals surface area contributed by atoms with E-state index in [0.29, 0.717) is 6.54 Å². The largest absolute Gasteiger partial charge is 0.302 e. The first kappa shape index (κ1) is 15.6. The second-order valence-electron chi connectivity index (χ2n) is 4.95.